The molecule has 0 aromatic rings. The molecular formula is C16H30N2O2. The van der Waals surface area contributed by atoms with Gasteiger partial charge in [-0.2, -0.15) is 0 Å². The van der Waals surface area contributed by atoms with Gasteiger partial charge >= 0.3 is 0 Å². The predicted molar refractivity (Wildman–Crippen MR) is 80.6 cm³/mol. The first kappa shape index (κ1) is 15.8. The third-order valence-corrected chi connectivity index (χ3v) is 4.43. The van der Waals surface area contributed by atoms with E-state index in [1.165, 1.54) is 12.8 Å². The van der Waals surface area contributed by atoms with E-state index in [-0.39, 0.29) is 12.0 Å². The Morgan fingerprint density at radius 1 is 1.40 bits per heavy atom. The lowest BCUT2D eigenvalue weighted by Gasteiger charge is -2.31. The fourth-order valence-corrected chi connectivity index (χ4v) is 3.44. The highest BCUT2D eigenvalue weighted by atomic mass is 16.5. The summed E-state index contributed by atoms with van der Waals surface area (Å²) in [5, 5.41) is 3.51. The second-order valence-electron chi connectivity index (χ2n) is 6.64. The molecule has 4 nitrogen and oxygen atoms in total. The van der Waals surface area contributed by atoms with Gasteiger partial charge in [0.15, 0.2) is 0 Å². The summed E-state index contributed by atoms with van der Waals surface area (Å²) in [7, 11) is 0. The van der Waals surface area contributed by atoms with Crippen LogP contribution in [0.15, 0.2) is 0 Å². The molecule has 2 aliphatic rings. The maximum absolute atomic E-state index is 12.9. The molecule has 1 N–H and O–H groups in total. The molecule has 3 unspecified atom stereocenters. The largest absolute Gasteiger partial charge is 0.377 e. The van der Waals surface area contributed by atoms with E-state index in [1.54, 1.807) is 0 Å². The van der Waals surface area contributed by atoms with Gasteiger partial charge in [-0.15, -0.1) is 0 Å². The number of carbonyl (C=O) groups excluding carboxylic acids is 1. The van der Waals surface area contributed by atoms with Crippen LogP contribution in [0.1, 0.15) is 46.5 Å². The highest BCUT2D eigenvalue weighted by Gasteiger charge is 2.36. The van der Waals surface area contributed by atoms with Crippen LogP contribution in [0, 0.1) is 11.8 Å². The SMILES string of the molecule is CCC1OCCC1C(=O)N(CC(C)C)CC1CCCN1. The molecule has 0 bridgehead atoms. The van der Waals surface area contributed by atoms with Gasteiger partial charge in [-0.3, -0.25) is 4.79 Å². The number of carbonyl (C=O) groups is 1. The third-order valence-electron chi connectivity index (χ3n) is 4.43. The lowest BCUT2D eigenvalue weighted by Crippen LogP contribution is -2.46. The van der Waals surface area contributed by atoms with Crippen molar-refractivity contribution in [2.75, 3.05) is 26.2 Å². The minimum atomic E-state index is 0.0835. The van der Waals surface area contributed by atoms with Gasteiger partial charge in [-0.05, 0) is 38.1 Å². The Bertz CT molecular complexity index is 314. The number of hydrogen-bond donors (Lipinski definition) is 1. The van der Waals surface area contributed by atoms with Crippen molar-refractivity contribution < 1.29 is 9.53 Å². The van der Waals surface area contributed by atoms with E-state index >= 15 is 0 Å². The smallest absolute Gasteiger partial charge is 0.228 e. The van der Waals surface area contributed by atoms with Crippen LogP contribution < -0.4 is 5.32 Å². The molecule has 2 rings (SSSR count). The second kappa shape index (κ2) is 7.41. The van der Waals surface area contributed by atoms with Crippen molar-refractivity contribution in [2.24, 2.45) is 11.8 Å². The molecule has 2 fully saturated rings. The zero-order valence-corrected chi connectivity index (χ0v) is 13.2. The molecule has 2 aliphatic heterocycles. The molecule has 20 heavy (non-hydrogen) atoms. The third kappa shape index (κ3) is 3.95. The number of ether oxygens (including phenoxy) is 1. The molecule has 116 valence electrons. The number of nitrogens with one attached hydrogen (secondary N) is 1. The molecule has 0 radical (unpaired) electrons. The lowest BCUT2D eigenvalue weighted by atomic mass is 9.97. The first-order valence-electron chi connectivity index (χ1n) is 8.25. The molecule has 2 heterocycles. The normalized spacial score (nSPS) is 30.1. The van der Waals surface area contributed by atoms with Gasteiger partial charge in [-0.25, -0.2) is 0 Å². The van der Waals surface area contributed by atoms with Gasteiger partial charge in [0.25, 0.3) is 0 Å². The molecule has 0 aromatic carbocycles. The molecular weight excluding hydrogens is 252 g/mol. The van der Waals surface area contributed by atoms with Crippen LogP contribution in [0.2, 0.25) is 0 Å². The Morgan fingerprint density at radius 2 is 2.20 bits per heavy atom. The van der Waals surface area contributed by atoms with Crippen molar-refractivity contribution >= 4 is 5.91 Å². The number of rotatable bonds is 6. The number of hydrogen-bond acceptors (Lipinski definition) is 3. The van der Waals surface area contributed by atoms with E-state index < -0.39 is 0 Å². The maximum Gasteiger partial charge on any atom is 0.228 e. The Morgan fingerprint density at radius 3 is 2.80 bits per heavy atom. The van der Waals surface area contributed by atoms with Crippen molar-refractivity contribution in [1.29, 1.82) is 0 Å². The summed E-state index contributed by atoms with van der Waals surface area (Å²) in [5.74, 6) is 0.916. The summed E-state index contributed by atoms with van der Waals surface area (Å²) in [4.78, 5) is 14.9. The minimum absolute atomic E-state index is 0.0835. The van der Waals surface area contributed by atoms with E-state index in [9.17, 15) is 4.79 Å². The maximum atomic E-state index is 12.9. The topological polar surface area (TPSA) is 41.6 Å². The van der Waals surface area contributed by atoms with E-state index in [0.717, 1.165) is 39.1 Å². The van der Waals surface area contributed by atoms with E-state index in [0.29, 0.717) is 17.9 Å². The van der Waals surface area contributed by atoms with Crippen molar-refractivity contribution in [3.63, 3.8) is 0 Å². The molecule has 1 amide bonds. The van der Waals surface area contributed by atoms with Crippen LogP contribution in [-0.2, 0) is 9.53 Å². The quantitative estimate of drug-likeness (QED) is 0.810. The van der Waals surface area contributed by atoms with E-state index in [4.69, 9.17) is 4.74 Å². The van der Waals surface area contributed by atoms with Crippen LogP contribution in [-0.4, -0.2) is 49.2 Å². The Kier molecular flexibility index (Phi) is 5.85. The van der Waals surface area contributed by atoms with Crippen LogP contribution >= 0.6 is 0 Å². The van der Waals surface area contributed by atoms with E-state index in [2.05, 4.69) is 31.0 Å². The molecule has 0 aliphatic carbocycles. The first-order valence-corrected chi connectivity index (χ1v) is 8.25. The van der Waals surface area contributed by atoms with Gasteiger partial charge in [0.2, 0.25) is 5.91 Å². The second-order valence-corrected chi connectivity index (χ2v) is 6.64. The number of amides is 1. The van der Waals surface area contributed by atoms with Gasteiger partial charge in [0, 0.05) is 25.7 Å². The van der Waals surface area contributed by atoms with Crippen LogP contribution in [0.3, 0.4) is 0 Å². The summed E-state index contributed by atoms with van der Waals surface area (Å²) in [6.45, 7) is 10.1. The van der Waals surface area contributed by atoms with Crippen molar-refractivity contribution in [2.45, 2.75) is 58.6 Å². The predicted octanol–water partition coefficient (Wildman–Crippen LogP) is 2.04. The summed E-state index contributed by atoms with van der Waals surface area (Å²) in [5.41, 5.74) is 0. The van der Waals surface area contributed by atoms with Crippen LogP contribution in [0.25, 0.3) is 0 Å². The zero-order valence-electron chi connectivity index (χ0n) is 13.2. The van der Waals surface area contributed by atoms with Crippen molar-refractivity contribution in [3.05, 3.63) is 0 Å². The highest BCUT2D eigenvalue weighted by Crippen LogP contribution is 2.26. The highest BCUT2D eigenvalue weighted by molar-refractivity contribution is 5.79. The molecule has 4 heteroatoms. The molecule has 2 saturated heterocycles. The average molecular weight is 282 g/mol. The molecule has 0 aromatic heterocycles. The Hall–Kier alpha value is -0.610. The summed E-state index contributed by atoms with van der Waals surface area (Å²) < 4.78 is 5.70. The summed E-state index contributed by atoms with van der Waals surface area (Å²) in [6.07, 6.45) is 4.39. The summed E-state index contributed by atoms with van der Waals surface area (Å²) in [6, 6.07) is 0.486. The fourth-order valence-electron chi connectivity index (χ4n) is 3.44. The van der Waals surface area contributed by atoms with Gasteiger partial charge in [-0.1, -0.05) is 20.8 Å². The Labute approximate surface area is 123 Å². The fraction of sp³-hybridized carbons (Fsp3) is 0.938. The first-order chi connectivity index (χ1) is 9.61. The molecule has 0 saturated carbocycles. The average Bonchev–Trinajstić information content (AvgIpc) is 3.07. The standard InChI is InChI=1S/C16H30N2O2/c1-4-15-14(7-9-20-15)16(19)18(10-12(2)3)11-13-6-5-8-17-13/h12-15,17H,4-11H2,1-3H3. The zero-order chi connectivity index (χ0) is 14.5. The van der Waals surface area contributed by atoms with Gasteiger partial charge in [0.05, 0.1) is 12.0 Å². The van der Waals surface area contributed by atoms with Crippen molar-refractivity contribution in [1.82, 2.24) is 10.2 Å². The molecule has 0 spiro atoms. The lowest BCUT2D eigenvalue weighted by molar-refractivity contribution is -0.138. The summed E-state index contributed by atoms with van der Waals surface area (Å²) >= 11 is 0. The van der Waals surface area contributed by atoms with Crippen LogP contribution in [0.5, 0.6) is 0 Å². The van der Waals surface area contributed by atoms with Gasteiger partial charge in [0.1, 0.15) is 0 Å². The van der Waals surface area contributed by atoms with Gasteiger partial charge < -0.3 is 15.0 Å². The van der Waals surface area contributed by atoms with E-state index in [1.807, 2.05) is 0 Å². The number of nitrogens with zero attached hydrogens (tertiary/aromatic N) is 1. The minimum Gasteiger partial charge on any atom is -0.377 e. The monoisotopic (exact) mass is 282 g/mol. The van der Waals surface area contributed by atoms with Crippen molar-refractivity contribution in [3.8, 4) is 0 Å². The van der Waals surface area contributed by atoms with Crippen LogP contribution in [0.4, 0.5) is 0 Å². The molecule has 3 atom stereocenters. The Balaban J connectivity index is 1.98.